The molecule has 29 heavy (non-hydrogen) atoms. The Morgan fingerprint density at radius 1 is 1.17 bits per heavy atom. The van der Waals surface area contributed by atoms with E-state index in [1.807, 2.05) is 6.92 Å². The largest absolute Gasteiger partial charge is 0.493 e. The zero-order valence-electron chi connectivity index (χ0n) is 15.2. The molecule has 0 saturated heterocycles. The Morgan fingerprint density at radius 2 is 1.97 bits per heavy atom. The summed E-state index contributed by atoms with van der Waals surface area (Å²) in [6, 6.07) is 12.0. The van der Waals surface area contributed by atoms with Gasteiger partial charge in [0.15, 0.2) is 4.34 Å². The first-order valence-electron chi connectivity index (χ1n) is 8.52. The number of aromatic nitrogens is 2. The van der Waals surface area contributed by atoms with Crippen molar-refractivity contribution in [3.05, 3.63) is 65.2 Å². The minimum atomic E-state index is -4.38. The van der Waals surface area contributed by atoms with E-state index >= 15 is 0 Å². The van der Waals surface area contributed by atoms with E-state index in [-0.39, 0.29) is 5.91 Å². The molecule has 152 valence electrons. The molecule has 0 atom stereocenters. The number of hydrogen-bond acceptors (Lipinski definition) is 6. The fourth-order valence-corrected chi connectivity index (χ4v) is 4.09. The predicted octanol–water partition coefficient (Wildman–Crippen LogP) is 5.50. The zero-order valence-corrected chi connectivity index (χ0v) is 16.8. The highest BCUT2D eigenvalue weighted by atomic mass is 32.2. The molecule has 1 aromatic heterocycles. The molecule has 0 aliphatic carbocycles. The number of carbonyl (C=O) groups is 1. The monoisotopic (exact) mass is 439 g/mol. The smallest absolute Gasteiger partial charge is 0.416 e. The third-order valence-electron chi connectivity index (χ3n) is 3.68. The second kappa shape index (κ2) is 9.27. The number of alkyl halides is 3. The number of carbonyl (C=O) groups excluding carboxylic acids is 1. The summed E-state index contributed by atoms with van der Waals surface area (Å²) in [5, 5.41) is 10.9. The molecule has 2 aromatic carbocycles. The SMILES string of the molecule is CCOc1ccccc1C(=O)Nc1nnc(SCc2cccc(C(F)(F)F)c2)s1. The van der Waals surface area contributed by atoms with E-state index in [9.17, 15) is 18.0 Å². The number of benzene rings is 2. The van der Waals surface area contributed by atoms with Gasteiger partial charge in [-0.3, -0.25) is 10.1 Å². The lowest BCUT2D eigenvalue weighted by molar-refractivity contribution is -0.137. The summed E-state index contributed by atoms with van der Waals surface area (Å²) in [6.07, 6.45) is -4.38. The highest BCUT2D eigenvalue weighted by Gasteiger charge is 2.30. The Kier molecular flexibility index (Phi) is 6.75. The van der Waals surface area contributed by atoms with Crippen molar-refractivity contribution in [3.63, 3.8) is 0 Å². The molecule has 0 aliphatic rings. The van der Waals surface area contributed by atoms with Crippen LogP contribution in [0.15, 0.2) is 52.9 Å². The molecule has 0 spiro atoms. The number of ether oxygens (including phenoxy) is 1. The van der Waals surface area contributed by atoms with E-state index in [0.717, 1.165) is 23.5 Å². The quantitative estimate of drug-likeness (QED) is 0.389. The minimum Gasteiger partial charge on any atom is -0.493 e. The van der Waals surface area contributed by atoms with Crippen molar-refractivity contribution in [2.75, 3.05) is 11.9 Å². The van der Waals surface area contributed by atoms with E-state index in [2.05, 4.69) is 15.5 Å². The molecule has 0 bridgehead atoms. The fraction of sp³-hybridized carbons (Fsp3) is 0.211. The molecule has 3 rings (SSSR count). The third kappa shape index (κ3) is 5.70. The lowest BCUT2D eigenvalue weighted by Crippen LogP contribution is -2.13. The molecule has 0 fully saturated rings. The lowest BCUT2D eigenvalue weighted by atomic mass is 10.1. The molecule has 0 saturated carbocycles. The predicted molar refractivity (Wildman–Crippen MR) is 106 cm³/mol. The van der Waals surface area contributed by atoms with Crippen LogP contribution in [-0.2, 0) is 11.9 Å². The maximum Gasteiger partial charge on any atom is 0.416 e. The van der Waals surface area contributed by atoms with E-state index in [1.54, 1.807) is 30.3 Å². The highest BCUT2D eigenvalue weighted by Crippen LogP contribution is 2.32. The summed E-state index contributed by atoms with van der Waals surface area (Å²) in [5.74, 6) is 0.399. The topological polar surface area (TPSA) is 64.1 Å². The van der Waals surface area contributed by atoms with Crippen molar-refractivity contribution in [2.24, 2.45) is 0 Å². The molecule has 1 amide bonds. The van der Waals surface area contributed by atoms with Crippen LogP contribution < -0.4 is 10.1 Å². The van der Waals surface area contributed by atoms with E-state index in [0.29, 0.717) is 38.7 Å². The van der Waals surface area contributed by atoms with Crippen LogP contribution >= 0.6 is 23.1 Å². The van der Waals surface area contributed by atoms with Gasteiger partial charge in [0.2, 0.25) is 5.13 Å². The molecule has 0 unspecified atom stereocenters. The molecule has 1 N–H and O–H groups in total. The van der Waals surface area contributed by atoms with Gasteiger partial charge >= 0.3 is 6.18 Å². The van der Waals surface area contributed by atoms with Crippen LogP contribution in [0.4, 0.5) is 18.3 Å². The average Bonchev–Trinajstić information content (AvgIpc) is 3.14. The molecule has 0 radical (unpaired) electrons. The minimum absolute atomic E-state index is 0.299. The fourth-order valence-electron chi connectivity index (χ4n) is 2.40. The number of halogens is 3. The van der Waals surface area contributed by atoms with E-state index in [1.165, 1.54) is 17.8 Å². The Labute approximate surface area is 173 Å². The van der Waals surface area contributed by atoms with Crippen molar-refractivity contribution in [3.8, 4) is 5.75 Å². The van der Waals surface area contributed by atoms with E-state index < -0.39 is 11.7 Å². The summed E-state index contributed by atoms with van der Waals surface area (Å²) < 4.78 is 44.4. The van der Waals surface area contributed by atoms with Gasteiger partial charge in [0, 0.05) is 5.75 Å². The third-order valence-corrected chi connectivity index (χ3v) is 5.72. The van der Waals surface area contributed by atoms with Crippen LogP contribution in [0.2, 0.25) is 0 Å². The van der Waals surface area contributed by atoms with Gasteiger partial charge in [-0.25, -0.2) is 0 Å². The number of thioether (sulfide) groups is 1. The number of amides is 1. The van der Waals surface area contributed by atoms with Gasteiger partial charge in [0.1, 0.15) is 5.75 Å². The normalized spacial score (nSPS) is 11.3. The van der Waals surface area contributed by atoms with Crippen LogP contribution in [0.5, 0.6) is 5.75 Å². The number of nitrogens with zero attached hydrogens (tertiary/aromatic N) is 2. The van der Waals surface area contributed by atoms with Gasteiger partial charge in [0.05, 0.1) is 17.7 Å². The van der Waals surface area contributed by atoms with Gasteiger partial charge < -0.3 is 4.74 Å². The molecule has 10 heteroatoms. The summed E-state index contributed by atoms with van der Waals surface area (Å²) in [7, 11) is 0. The van der Waals surface area contributed by atoms with Crippen LogP contribution in [0.25, 0.3) is 0 Å². The van der Waals surface area contributed by atoms with Crippen molar-refractivity contribution < 1.29 is 22.7 Å². The molecular weight excluding hydrogens is 423 g/mol. The Bertz CT molecular complexity index is 993. The molecule has 1 heterocycles. The maximum absolute atomic E-state index is 12.8. The van der Waals surface area contributed by atoms with Crippen LogP contribution in [-0.4, -0.2) is 22.7 Å². The van der Waals surface area contributed by atoms with Crippen molar-refractivity contribution >= 4 is 34.1 Å². The maximum atomic E-state index is 12.8. The zero-order chi connectivity index (χ0) is 20.9. The highest BCUT2D eigenvalue weighted by molar-refractivity contribution is 8.00. The summed E-state index contributed by atoms with van der Waals surface area (Å²) in [5.41, 5.74) is 0.216. The van der Waals surface area contributed by atoms with Crippen LogP contribution in [0.3, 0.4) is 0 Å². The molecular formula is C19H16F3N3O2S2. The molecule has 5 nitrogen and oxygen atoms in total. The first-order chi connectivity index (χ1) is 13.9. The Balaban J connectivity index is 1.62. The number of para-hydroxylation sites is 1. The number of anilines is 1. The summed E-state index contributed by atoms with van der Waals surface area (Å²) in [6.45, 7) is 2.26. The van der Waals surface area contributed by atoms with Gasteiger partial charge in [0.25, 0.3) is 5.91 Å². The van der Waals surface area contributed by atoms with Crippen molar-refractivity contribution in [2.45, 2.75) is 23.2 Å². The lowest BCUT2D eigenvalue weighted by Gasteiger charge is -2.08. The van der Waals surface area contributed by atoms with Gasteiger partial charge in [-0.15, -0.1) is 10.2 Å². The van der Waals surface area contributed by atoms with Crippen molar-refractivity contribution in [1.82, 2.24) is 10.2 Å². The van der Waals surface area contributed by atoms with Crippen molar-refractivity contribution in [1.29, 1.82) is 0 Å². The first kappa shape index (κ1) is 21.1. The number of nitrogens with one attached hydrogen (secondary N) is 1. The van der Waals surface area contributed by atoms with Gasteiger partial charge in [-0.2, -0.15) is 13.2 Å². The number of hydrogen-bond donors (Lipinski definition) is 1. The van der Waals surface area contributed by atoms with Gasteiger partial charge in [-0.1, -0.05) is 53.4 Å². The van der Waals surface area contributed by atoms with Crippen LogP contribution in [0, 0.1) is 0 Å². The molecule has 0 aliphatic heterocycles. The second-order valence-corrected chi connectivity index (χ2v) is 7.94. The standard InChI is InChI=1S/C19H16F3N3O2S2/c1-2-27-15-9-4-3-8-14(15)16(26)23-17-24-25-18(29-17)28-11-12-6-5-7-13(10-12)19(20,21)22/h3-10H,2,11H2,1H3,(H,23,24,26). The average molecular weight is 439 g/mol. The molecule has 3 aromatic rings. The number of rotatable bonds is 7. The van der Waals surface area contributed by atoms with Crippen LogP contribution in [0.1, 0.15) is 28.4 Å². The van der Waals surface area contributed by atoms with E-state index in [4.69, 9.17) is 4.74 Å². The first-order valence-corrected chi connectivity index (χ1v) is 10.3. The summed E-state index contributed by atoms with van der Waals surface area (Å²) in [4.78, 5) is 12.5. The second-order valence-electron chi connectivity index (χ2n) is 5.74. The summed E-state index contributed by atoms with van der Waals surface area (Å²) >= 11 is 2.40. The Hall–Kier alpha value is -2.59. The van der Waals surface area contributed by atoms with Gasteiger partial charge in [-0.05, 0) is 30.7 Å². The Morgan fingerprint density at radius 3 is 2.72 bits per heavy atom.